The maximum Gasteiger partial charge on any atom is 0.356 e. The van der Waals surface area contributed by atoms with Gasteiger partial charge in [0.1, 0.15) is 5.75 Å². The smallest absolute Gasteiger partial charge is 0.356 e. The topological polar surface area (TPSA) is 56.8 Å². The number of hydrogen-bond acceptors (Lipinski definition) is 5. The van der Waals surface area contributed by atoms with Gasteiger partial charge in [0.15, 0.2) is 5.78 Å². The Morgan fingerprint density at radius 3 is 2.33 bits per heavy atom. The van der Waals surface area contributed by atoms with Crippen molar-refractivity contribution in [3.8, 4) is 16.9 Å². The molecule has 0 spiro atoms. The molecule has 0 fully saturated rings. The molecule has 1 N–H and O–H groups in total. The van der Waals surface area contributed by atoms with E-state index in [1.165, 1.54) is 36.5 Å². The Morgan fingerprint density at radius 2 is 1.63 bits per heavy atom. The normalized spacial score (nSPS) is 13.4. The fraction of sp³-hybridized carbons (Fsp3) is 0.250. The minimum atomic E-state index is -3.44. The van der Waals surface area contributed by atoms with Crippen molar-refractivity contribution in [2.75, 3.05) is 26.1 Å². The van der Waals surface area contributed by atoms with Crippen molar-refractivity contribution < 1.29 is 18.3 Å². The molecule has 0 radical (unpaired) electrons. The summed E-state index contributed by atoms with van der Waals surface area (Å²) in [5, 5.41) is 3.39. The first kappa shape index (κ1) is 20.7. The molecule has 1 aliphatic carbocycles. The second-order valence-electron chi connectivity index (χ2n) is 7.16. The summed E-state index contributed by atoms with van der Waals surface area (Å²) in [5.74, 6) is 0.116. The Balaban J connectivity index is 1.66. The van der Waals surface area contributed by atoms with Crippen molar-refractivity contribution in [2.45, 2.75) is 19.1 Å². The Kier molecular flexibility index (Phi) is 5.96. The summed E-state index contributed by atoms with van der Waals surface area (Å²) in [4.78, 5) is 0. The summed E-state index contributed by atoms with van der Waals surface area (Å²) in [7, 11) is -0.620. The molecule has 0 heterocycles. The van der Waals surface area contributed by atoms with Crippen LogP contribution in [0.2, 0.25) is 0 Å². The molecular weight excluding hydrogens is 397 g/mol. The molecular formula is C24H26NO4P. The van der Waals surface area contributed by atoms with E-state index in [4.69, 9.17) is 13.8 Å². The second kappa shape index (κ2) is 8.65. The number of nitrogens with one attached hydrogen (secondary N) is 1. The van der Waals surface area contributed by atoms with Crippen molar-refractivity contribution in [3.05, 3.63) is 83.4 Å². The fourth-order valence-electron chi connectivity index (χ4n) is 3.94. The molecule has 6 heteroatoms. The lowest BCUT2D eigenvalue weighted by Crippen LogP contribution is -2.14. The number of ether oxygens (including phenoxy) is 1. The van der Waals surface area contributed by atoms with Gasteiger partial charge in [-0.05, 0) is 65.4 Å². The van der Waals surface area contributed by atoms with Gasteiger partial charge in [-0.3, -0.25) is 4.57 Å². The van der Waals surface area contributed by atoms with Crippen LogP contribution in [0.15, 0.2) is 66.7 Å². The first-order valence-corrected chi connectivity index (χ1v) is 11.6. The van der Waals surface area contributed by atoms with Gasteiger partial charge >= 0.3 is 7.60 Å². The average Bonchev–Trinajstić information content (AvgIpc) is 3.15. The van der Waals surface area contributed by atoms with E-state index in [0.29, 0.717) is 6.61 Å². The molecule has 5 nitrogen and oxygen atoms in total. The van der Waals surface area contributed by atoms with Crippen LogP contribution in [-0.4, -0.2) is 20.8 Å². The van der Waals surface area contributed by atoms with Gasteiger partial charge in [-0.25, -0.2) is 0 Å². The van der Waals surface area contributed by atoms with Crippen molar-refractivity contribution >= 4 is 13.3 Å². The molecule has 1 aliphatic rings. The maximum atomic E-state index is 13.3. The molecule has 3 aromatic rings. The van der Waals surface area contributed by atoms with E-state index in [0.717, 1.165) is 23.4 Å². The van der Waals surface area contributed by atoms with Gasteiger partial charge in [-0.2, -0.15) is 0 Å². The molecule has 0 aliphatic heterocycles. The van der Waals surface area contributed by atoms with Gasteiger partial charge in [0.2, 0.25) is 0 Å². The predicted molar refractivity (Wildman–Crippen MR) is 120 cm³/mol. The lowest BCUT2D eigenvalue weighted by Gasteiger charge is -2.27. The third kappa shape index (κ3) is 3.89. The molecule has 0 saturated heterocycles. The van der Waals surface area contributed by atoms with E-state index in [1.807, 2.05) is 37.3 Å². The lowest BCUT2D eigenvalue weighted by molar-refractivity contribution is 0.268. The molecule has 156 valence electrons. The zero-order valence-electron chi connectivity index (χ0n) is 17.4. The second-order valence-corrected chi connectivity index (χ2v) is 9.49. The van der Waals surface area contributed by atoms with Crippen molar-refractivity contribution in [2.24, 2.45) is 0 Å². The predicted octanol–water partition coefficient (Wildman–Crippen LogP) is 6.25. The molecule has 0 bridgehead atoms. The van der Waals surface area contributed by atoms with Gasteiger partial charge in [0, 0.05) is 19.9 Å². The Hall–Kier alpha value is -2.59. The maximum absolute atomic E-state index is 13.3. The number of anilines is 1. The summed E-state index contributed by atoms with van der Waals surface area (Å²) < 4.78 is 29.5. The highest BCUT2D eigenvalue weighted by molar-refractivity contribution is 7.54. The van der Waals surface area contributed by atoms with Crippen LogP contribution in [0, 0.1) is 0 Å². The molecule has 1 unspecified atom stereocenters. The van der Waals surface area contributed by atoms with Crippen LogP contribution < -0.4 is 10.1 Å². The van der Waals surface area contributed by atoms with Crippen molar-refractivity contribution in [3.63, 3.8) is 0 Å². The summed E-state index contributed by atoms with van der Waals surface area (Å²) in [6, 6.07) is 22.2. The van der Waals surface area contributed by atoms with Gasteiger partial charge in [-0.1, -0.05) is 42.5 Å². The van der Waals surface area contributed by atoms with Crippen LogP contribution in [0.4, 0.5) is 5.69 Å². The first-order valence-electron chi connectivity index (χ1n) is 9.99. The molecule has 4 rings (SSSR count). The van der Waals surface area contributed by atoms with E-state index >= 15 is 0 Å². The third-order valence-electron chi connectivity index (χ3n) is 5.43. The highest BCUT2D eigenvalue weighted by atomic mass is 31.2. The summed E-state index contributed by atoms with van der Waals surface area (Å²) >= 11 is 0. The van der Waals surface area contributed by atoms with E-state index in [-0.39, 0.29) is 0 Å². The van der Waals surface area contributed by atoms with Gasteiger partial charge in [0.05, 0.1) is 6.61 Å². The third-order valence-corrected chi connectivity index (χ3v) is 7.51. The fourth-order valence-corrected chi connectivity index (χ4v) is 5.35. The van der Waals surface area contributed by atoms with E-state index in [1.54, 1.807) is 0 Å². The molecule has 0 amide bonds. The highest BCUT2D eigenvalue weighted by Crippen LogP contribution is 2.60. The molecule has 0 saturated carbocycles. The van der Waals surface area contributed by atoms with E-state index in [9.17, 15) is 4.57 Å². The summed E-state index contributed by atoms with van der Waals surface area (Å²) in [6.07, 6.45) is 0.890. The molecule has 0 aromatic heterocycles. The number of benzene rings is 3. The van der Waals surface area contributed by atoms with Crippen LogP contribution in [0.5, 0.6) is 5.75 Å². The quantitative estimate of drug-likeness (QED) is 0.339. The summed E-state index contributed by atoms with van der Waals surface area (Å²) in [6.45, 7) is 2.53. The standard InChI is InChI=1S/C24H26NO4P/c1-4-29-21-12-9-17(10-13-21)24(30(26,27-2)28-3)25-20-11-14-23-19(16-20)15-18-7-5-6-8-22(18)23/h5-14,16,24-25H,4,15H2,1-3H3. The zero-order valence-corrected chi connectivity index (χ0v) is 18.3. The van der Waals surface area contributed by atoms with Gasteiger partial charge in [0.25, 0.3) is 0 Å². The highest BCUT2D eigenvalue weighted by Gasteiger charge is 2.36. The van der Waals surface area contributed by atoms with Crippen LogP contribution in [0.25, 0.3) is 11.1 Å². The Morgan fingerprint density at radius 1 is 0.933 bits per heavy atom. The average molecular weight is 423 g/mol. The van der Waals surface area contributed by atoms with Gasteiger partial charge < -0.3 is 19.1 Å². The monoisotopic (exact) mass is 423 g/mol. The SMILES string of the molecule is CCOc1ccc(C(Nc2ccc3c(c2)Cc2ccccc2-3)P(=O)(OC)OC)cc1. The minimum Gasteiger partial charge on any atom is -0.494 e. The van der Waals surface area contributed by atoms with Crippen LogP contribution in [0.1, 0.15) is 29.4 Å². The number of hydrogen-bond donors (Lipinski definition) is 1. The minimum absolute atomic E-state index is 0.590. The first-order chi connectivity index (χ1) is 14.6. The van der Waals surface area contributed by atoms with Crippen LogP contribution >= 0.6 is 7.60 Å². The number of fused-ring (bicyclic) bond motifs is 3. The van der Waals surface area contributed by atoms with Crippen LogP contribution in [-0.2, 0) is 20.0 Å². The van der Waals surface area contributed by atoms with E-state index in [2.05, 4.69) is 41.7 Å². The zero-order chi connectivity index (χ0) is 21.1. The number of rotatable bonds is 8. The van der Waals surface area contributed by atoms with Gasteiger partial charge in [-0.15, -0.1) is 0 Å². The Labute approximate surface area is 177 Å². The van der Waals surface area contributed by atoms with Crippen molar-refractivity contribution in [1.82, 2.24) is 0 Å². The van der Waals surface area contributed by atoms with Crippen LogP contribution in [0.3, 0.4) is 0 Å². The van der Waals surface area contributed by atoms with E-state index < -0.39 is 13.4 Å². The Bertz CT molecular complexity index is 1070. The molecule has 30 heavy (non-hydrogen) atoms. The molecule has 1 atom stereocenters. The molecule has 3 aromatic carbocycles. The largest absolute Gasteiger partial charge is 0.494 e. The summed E-state index contributed by atoms with van der Waals surface area (Å²) in [5.41, 5.74) is 6.77. The lowest BCUT2D eigenvalue weighted by atomic mass is 10.1. The van der Waals surface area contributed by atoms with Crippen molar-refractivity contribution in [1.29, 1.82) is 0 Å².